The van der Waals surface area contributed by atoms with Crippen molar-refractivity contribution in [2.75, 3.05) is 12.0 Å². The fourth-order valence-electron chi connectivity index (χ4n) is 4.14. The van der Waals surface area contributed by atoms with Gasteiger partial charge in [0.2, 0.25) is 0 Å². The molecule has 1 aliphatic heterocycles. The van der Waals surface area contributed by atoms with E-state index in [0.717, 1.165) is 18.5 Å². The smallest absolute Gasteiger partial charge is 0.306 e. The largest absolute Gasteiger partial charge is 0.460 e. The maximum absolute atomic E-state index is 12.3. The highest BCUT2D eigenvalue weighted by Gasteiger charge is 2.31. The minimum absolute atomic E-state index is 0.0297. The Labute approximate surface area is 171 Å². The SMILES string of the molecule is CC(C)(C)OC(=O)CC[C@H](Nn1cccc1)[C@@H]1NCCc2c1[nH]c1ccccc21. The lowest BCUT2D eigenvalue weighted by Crippen LogP contribution is -2.44. The van der Waals surface area contributed by atoms with Crippen LogP contribution in [-0.4, -0.2) is 33.8 Å². The molecule has 3 heterocycles. The number of hydrogen-bond donors (Lipinski definition) is 3. The summed E-state index contributed by atoms with van der Waals surface area (Å²) in [6.07, 6.45) is 5.99. The lowest BCUT2D eigenvalue weighted by atomic mass is 9.92. The number of carbonyl (C=O) groups excluding carboxylic acids is 1. The van der Waals surface area contributed by atoms with Crippen molar-refractivity contribution >= 4 is 16.9 Å². The average molecular weight is 395 g/mol. The van der Waals surface area contributed by atoms with Gasteiger partial charge in [0, 0.05) is 35.4 Å². The van der Waals surface area contributed by atoms with Crippen LogP contribution in [0.4, 0.5) is 0 Å². The zero-order valence-electron chi connectivity index (χ0n) is 17.4. The Balaban J connectivity index is 1.59. The molecule has 0 radical (unpaired) electrons. The normalized spacial score (nSPS) is 17.7. The Morgan fingerprint density at radius 3 is 2.76 bits per heavy atom. The number of nitrogens with one attached hydrogen (secondary N) is 3. The van der Waals surface area contributed by atoms with Gasteiger partial charge in [-0.15, -0.1) is 0 Å². The number of esters is 1. The van der Waals surface area contributed by atoms with Crippen LogP contribution in [0.25, 0.3) is 10.9 Å². The minimum atomic E-state index is -0.464. The molecule has 4 rings (SSSR count). The van der Waals surface area contributed by atoms with Crippen LogP contribution in [0.3, 0.4) is 0 Å². The number of aromatic amines is 1. The summed E-state index contributed by atoms with van der Waals surface area (Å²) >= 11 is 0. The van der Waals surface area contributed by atoms with Crippen molar-refractivity contribution in [1.82, 2.24) is 15.0 Å². The zero-order chi connectivity index (χ0) is 20.4. The number of aromatic nitrogens is 2. The topological polar surface area (TPSA) is 71.1 Å². The van der Waals surface area contributed by atoms with Gasteiger partial charge in [0.15, 0.2) is 0 Å². The molecule has 0 bridgehead atoms. The number of para-hydroxylation sites is 1. The van der Waals surface area contributed by atoms with Crippen LogP contribution in [0.15, 0.2) is 48.8 Å². The van der Waals surface area contributed by atoms with E-state index < -0.39 is 5.60 Å². The second-order valence-electron chi connectivity index (χ2n) is 8.70. The first-order valence-corrected chi connectivity index (χ1v) is 10.3. The van der Waals surface area contributed by atoms with Gasteiger partial charge in [-0.1, -0.05) is 18.2 Å². The first kappa shape index (κ1) is 19.6. The summed E-state index contributed by atoms with van der Waals surface area (Å²) in [7, 11) is 0. The lowest BCUT2D eigenvalue weighted by Gasteiger charge is -2.33. The second-order valence-corrected chi connectivity index (χ2v) is 8.70. The van der Waals surface area contributed by atoms with E-state index in [2.05, 4.69) is 40.0 Å². The Morgan fingerprint density at radius 1 is 1.24 bits per heavy atom. The first-order chi connectivity index (χ1) is 13.9. The van der Waals surface area contributed by atoms with E-state index in [1.807, 2.05) is 50.0 Å². The van der Waals surface area contributed by atoms with Gasteiger partial charge in [-0.25, -0.2) is 0 Å². The average Bonchev–Trinajstić information content (AvgIpc) is 3.31. The maximum atomic E-state index is 12.3. The predicted molar refractivity (Wildman–Crippen MR) is 115 cm³/mol. The molecule has 0 saturated carbocycles. The second kappa shape index (κ2) is 7.95. The van der Waals surface area contributed by atoms with Gasteiger partial charge in [-0.2, -0.15) is 0 Å². The third kappa shape index (κ3) is 4.48. The zero-order valence-corrected chi connectivity index (χ0v) is 17.4. The number of fused-ring (bicyclic) bond motifs is 3. The van der Waals surface area contributed by atoms with Crippen molar-refractivity contribution in [1.29, 1.82) is 0 Å². The highest BCUT2D eigenvalue weighted by molar-refractivity contribution is 5.85. The Bertz CT molecular complexity index is 969. The summed E-state index contributed by atoms with van der Waals surface area (Å²) in [5.74, 6) is -0.163. The summed E-state index contributed by atoms with van der Waals surface area (Å²) in [6.45, 7) is 6.62. The molecule has 0 fully saturated rings. The van der Waals surface area contributed by atoms with Crippen molar-refractivity contribution in [3.8, 4) is 0 Å². The van der Waals surface area contributed by atoms with Crippen LogP contribution in [0.2, 0.25) is 0 Å². The monoisotopic (exact) mass is 394 g/mol. The molecule has 3 N–H and O–H groups in total. The molecule has 1 aliphatic rings. The third-order valence-corrected chi connectivity index (χ3v) is 5.30. The van der Waals surface area contributed by atoms with E-state index in [4.69, 9.17) is 4.74 Å². The number of hydrogen-bond acceptors (Lipinski definition) is 4. The number of rotatable bonds is 6. The molecule has 0 spiro atoms. The molecular formula is C23H30N4O2. The van der Waals surface area contributed by atoms with Crippen LogP contribution in [0.1, 0.15) is 50.9 Å². The van der Waals surface area contributed by atoms with Crippen LogP contribution in [0.5, 0.6) is 0 Å². The minimum Gasteiger partial charge on any atom is -0.460 e. The lowest BCUT2D eigenvalue weighted by molar-refractivity contribution is -0.155. The van der Waals surface area contributed by atoms with E-state index in [1.165, 1.54) is 16.6 Å². The molecule has 29 heavy (non-hydrogen) atoms. The van der Waals surface area contributed by atoms with Gasteiger partial charge in [-0.3, -0.25) is 9.47 Å². The highest BCUT2D eigenvalue weighted by Crippen LogP contribution is 2.33. The first-order valence-electron chi connectivity index (χ1n) is 10.3. The van der Waals surface area contributed by atoms with Crippen molar-refractivity contribution < 1.29 is 9.53 Å². The van der Waals surface area contributed by atoms with Crippen molar-refractivity contribution in [2.24, 2.45) is 0 Å². The fourth-order valence-corrected chi connectivity index (χ4v) is 4.14. The van der Waals surface area contributed by atoms with Crippen LogP contribution >= 0.6 is 0 Å². The molecule has 0 saturated heterocycles. The Hall–Kier alpha value is -2.73. The summed E-state index contributed by atoms with van der Waals surface area (Å²) < 4.78 is 7.48. The summed E-state index contributed by atoms with van der Waals surface area (Å²) in [5.41, 5.74) is 6.85. The summed E-state index contributed by atoms with van der Waals surface area (Å²) in [6, 6.07) is 12.5. The molecule has 2 atom stereocenters. The van der Waals surface area contributed by atoms with E-state index in [0.29, 0.717) is 12.8 Å². The van der Waals surface area contributed by atoms with Crippen LogP contribution in [0, 0.1) is 0 Å². The van der Waals surface area contributed by atoms with E-state index in [1.54, 1.807) is 0 Å². The van der Waals surface area contributed by atoms with Gasteiger partial charge >= 0.3 is 5.97 Å². The molecule has 6 nitrogen and oxygen atoms in total. The van der Waals surface area contributed by atoms with Gasteiger partial charge in [-0.05, 0) is 63.9 Å². The third-order valence-electron chi connectivity index (χ3n) is 5.30. The molecule has 0 aliphatic carbocycles. The van der Waals surface area contributed by atoms with Crippen molar-refractivity contribution in [2.45, 2.75) is 57.7 Å². The van der Waals surface area contributed by atoms with Crippen LogP contribution in [-0.2, 0) is 16.0 Å². The maximum Gasteiger partial charge on any atom is 0.306 e. The molecule has 3 aromatic rings. The molecule has 2 aromatic heterocycles. The van der Waals surface area contributed by atoms with E-state index in [-0.39, 0.29) is 18.1 Å². The Kier molecular flexibility index (Phi) is 5.37. The molecule has 1 aromatic carbocycles. The fraction of sp³-hybridized carbons (Fsp3) is 0.435. The van der Waals surface area contributed by atoms with Gasteiger partial charge < -0.3 is 20.5 Å². The summed E-state index contributed by atoms with van der Waals surface area (Å²) in [4.78, 5) is 16.0. The van der Waals surface area contributed by atoms with Gasteiger partial charge in [0.05, 0.1) is 12.1 Å². The number of benzene rings is 1. The number of ether oxygens (including phenoxy) is 1. The number of H-pyrrole nitrogens is 1. The molecular weight excluding hydrogens is 364 g/mol. The van der Waals surface area contributed by atoms with Crippen molar-refractivity contribution in [3.05, 3.63) is 60.0 Å². The molecule has 154 valence electrons. The molecule has 6 heteroatoms. The number of nitrogens with zero attached hydrogens (tertiary/aromatic N) is 1. The van der Waals surface area contributed by atoms with Crippen LogP contribution < -0.4 is 10.7 Å². The molecule has 0 amide bonds. The highest BCUT2D eigenvalue weighted by atomic mass is 16.6. The summed E-state index contributed by atoms with van der Waals surface area (Å²) in [5, 5.41) is 4.95. The van der Waals surface area contributed by atoms with Gasteiger partial charge in [0.25, 0.3) is 0 Å². The van der Waals surface area contributed by atoms with E-state index in [9.17, 15) is 4.79 Å². The predicted octanol–water partition coefficient (Wildman–Crippen LogP) is 3.89. The van der Waals surface area contributed by atoms with Gasteiger partial charge in [0.1, 0.15) is 5.60 Å². The standard InChI is InChI=1S/C23H30N4O2/c1-23(2,3)29-20(28)11-10-19(26-27-14-6-7-15-27)22-21-17(12-13-24-22)16-8-4-5-9-18(16)25-21/h4-9,14-15,19,22,24-26H,10-13H2,1-3H3/t19-,22-/m0/s1. The Morgan fingerprint density at radius 2 is 2.00 bits per heavy atom. The number of carbonyl (C=O) groups is 1. The molecule has 0 unspecified atom stereocenters. The quantitative estimate of drug-likeness (QED) is 0.555. The van der Waals surface area contributed by atoms with E-state index >= 15 is 0 Å². The van der Waals surface area contributed by atoms with Crippen molar-refractivity contribution in [3.63, 3.8) is 0 Å².